The zero-order valence-corrected chi connectivity index (χ0v) is 20.5. The van der Waals surface area contributed by atoms with E-state index in [9.17, 15) is 0 Å². The maximum atomic E-state index is 3.42. The number of fused-ring (bicyclic) bond motifs is 1. The Balaban J connectivity index is 0.000000159. The summed E-state index contributed by atoms with van der Waals surface area (Å²) in [6.45, 7) is 0. The molecule has 0 N–H and O–H groups in total. The van der Waals surface area contributed by atoms with Gasteiger partial charge in [-0.15, -0.1) is 0 Å². The fourth-order valence-corrected chi connectivity index (χ4v) is 4.55. The third-order valence-electron chi connectivity index (χ3n) is 6.07. The van der Waals surface area contributed by atoms with E-state index < -0.39 is 0 Å². The van der Waals surface area contributed by atoms with E-state index in [0.717, 1.165) is 10.9 Å². The second-order valence-electron chi connectivity index (χ2n) is 8.30. The van der Waals surface area contributed by atoms with E-state index >= 15 is 0 Å². The third kappa shape index (κ3) is 5.11. The fourth-order valence-electron chi connectivity index (χ4n) is 4.29. The summed E-state index contributed by atoms with van der Waals surface area (Å²) in [5.74, 6) is 0. The molecule has 0 aromatic heterocycles. The van der Waals surface area contributed by atoms with Crippen LogP contribution in [0.15, 0.2) is 138 Å². The van der Waals surface area contributed by atoms with Crippen molar-refractivity contribution < 1.29 is 0 Å². The number of hydrogen-bond acceptors (Lipinski definition) is 0. The molecule has 164 valence electrons. The van der Waals surface area contributed by atoms with Crippen LogP contribution in [0.2, 0.25) is 0 Å². The lowest BCUT2D eigenvalue weighted by molar-refractivity contribution is 1.31. The van der Waals surface area contributed by atoms with Crippen LogP contribution in [0.1, 0.15) is 11.1 Å². The average molecular weight is 501 g/mol. The van der Waals surface area contributed by atoms with E-state index in [4.69, 9.17) is 0 Å². The Kier molecular flexibility index (Phi) is 6.84. The highest BCUT2D eigenvalue weighted by atomic mass is 79.9. The molecule has 0 nitrogen and oxygen atoms in total. The molecule has 0 atom stereocenters. The maximum Gasteiger partial charge on any atom is 0.0175 e. The Labute approximate surface area is 210 Å². The van der Waals surface area contributed by atoms with Gasteiger partial charge in [0.2, 0.25) is 0 Å². The van der Waals surface area contributed by atoms with Crippen molar-refractivity contribution in [2.45, 2.75) is 6.42 Å². The first-order valence-electron chi connectivity index (χ1n) is 11.5. The molecule has 0 aliphatic heterocycles. The Hall–Kier alpha value is -3.68. The second kappa shape index (κ2) is 10.5. The topological polar surface area (TPSA) is 0 Å². The zero-order chi connectivity index (χ0) is 23.2. The molecule has 1 heteroatoms. The van der Waals surface area contributed by atoms with Gasteiger partial charge in [-0.2, -0.15) is 0 Å². The molecule has 0 radical (unpaired) electrons. The summed E-state index contributed by atoms with van der Waals surface area (Å²) in [5, 5.41) is 0. The molecule has 0 heterocycles. The Morgan fingerprint density at radius 1 is 0.441 bits per heavy atom. The monoisotopic (exact) mass is 500 g/mol. The van der Waals surface area contributed by atoms with E-state index in [1.54, 1.807) is 0 Å². The molecule has 34 heavy (non-hydrogen) atoms. The minimum Gasteiger partial charge on any atom is -0.0795 e. The van der Waals surface area contributed by atoms with Crippen LogP contribution >= 0.6 is 15.9 Å². The van der Waals surface area contributed by atoms with Crippen molar-refractivity contribution >= 4 is 22.0 Å². The van der Waals surface area contributed by atoms with Crippen molar-refractivity contribution in [3.8, 4) is 33.4 Å². The standard InChI is InChI=1S/C21H16.C12H9Br/c1-2-6-16(7-3-1)17-12-14-19(15-13-17)21-11-5-9-18-8-4-10-20(18)21;13-12-8-6-11(7-9-12)10-4-2-1-3-5-10/h1-7,9-15H,8H2;1-9H. The Morgan fingerprint density at radius 2 is 0.941 bits per heavy atom. The maximum absolute atomic E-state index is 3.42. The molecule has 0 unspecified atom stereocenters. The summed E-state index contributed by atoms with van der Waals surface area (Å²) in [7, 11) is 0. The van der Waals surface area contributed by atoms with Crippen molar-refractivity contribution in [3.05, 3.63) is 149 Å². The highest BCUT2D eigenvalue weighted by Gasteiger charge is 2.10. The number of allylic oxidation sites excluding steroid dienone is 1. The minimum atomic E-state index is 1.06. The SMILES string of the molecule is Brc1ccc(-c2ccccc2)cc1.C1=Cc2c(cccc2-c2ccc(-c3ccccc3)cc2)C1. The van der Waals surface area contributed by atoms with Crippen molar-refractivity contribution in [1.29, 1.82) is 0 Å². The first-order chi connectivity index (χ1) is 16.8. The molecule has 0 saturated heterocycles. The Bertz CT molecular complexity index is 1380. The van der Waals surface area contributed by atoms with Crippen LogP contribution < -0.4 is 0 Å². The van der Waals surface area contributed by atoms with Gasteiger partial charge in [0.25, 0.3) is 0 Å². The average Bonchev–Trinajstić information content (AvgIpc) is 3.40. The molecule has 0 amide bonds. The molecule has 0 bridgehead atoms. The van der Waals surface area contributed by atoms with Gasteiger partial charge >= 0.3 is 0 Å². The Morgan fingerprint density at radius 3 is 1.53 bits per heavy atom. The van der Waals surface area contributed by atoms with Gasteiger partial charge in [0.05, 0.1) is 0 Å². The molecule has 1 aliphatic carbocycles. The predicted molar refractivity (Wildman–Crippen MR) is 150 cm³/mol. The van der Waals surface area contributed by atoms with Gasteiger partial charge in [-0.1, -0.05) is 143 Å². The van der Waals surface area contributed by atoms with Gasteiger partial charge in [0, 0.05) is 4.47 Å². The smallest absolute Gasteiger partial charge is 0.0175 e. The number of benzene rings is 5. The van der Waals surface area contributed by atoms with Gasteiger partial charge in [-0.25, -0.2) is 0 Å². The van der Waals surface area contributed by atoms with Gasteiger partial charge < -0.3 is 0 Å². The fraction of sp³-hybridized carbons (Fsp3) is 0.0303. The van der Waals surface area contributed by atoms with E-state index in [1.807, 2.05) is 6.07 Å². The summed E-state index contributed by atoms with van der Waals surface area (Å²) in [6.07, 6.45) is 5.55. The molecule has 5 aromatic rings. The van der Waals surface area contributed by atoms with Gasteiger partial charge in [-0.05, 0) is 63.1 Å². The zero-order valence-electron chi connectivity index (χ0n) is 18.9. The van der Waals surface area contributed by atoms with Crippen molar-refractivity contribution in [2.75, 3.05) is 0 Å². The largest absolute Gasteiger partial charge is 0.0795 e. The lowest BCUT2D eigenvalue weighted by Crippen LogP contribution is -1.87. The molecular weight excluding hydrogens is 476 g/mol. The van der Waals surface area contributed by atoms with Crippen molar-refractivity contribution in [1.82, 2.24) is 0 Å². The first-order valence-corrected chi connectivity index (χ1v) is 12.3. The van der Waals surface area contributed by atoms with E-state index in [2.05, 4.69) is 149 Å². The highest BCUT2D eigenvalue weighted by Crippen LogP contribution is 2.32. The van der Waals surface area contributed by atoms with Crippen LogP contribution in [0.25, 0.3) is 39.5 Å². The number of hydrogen-bond donors (Lipinski definition) is 0. The van der Waals surface area contributed by atoms with E-state index in [1.165, 1.54) is 44.5 Å². The molecular formula is C33H25Br. The quantitative estimate of drug-likeness (QED) is 0.231. The molecule has 1 aliphatic rings. The lowest BCUT2D eigenvalue weighted by Gasteiger charge is -2.09. The van der Waals surface area contributed by atoms with Crippen LogP contribution in [-0.4, -0.2) is 0 Å². The normalized spacial score (nSPS) is 11.4. The van der Waals surface area contributed by atoms with Crippen LogP contribution in [0.3, 0.4) is 0 Å². The number of halogens is 1. The van der Waals surface area contributed by atoms with E-state index in [0.29, 0.717) is 0 Å². The van der Waals surface area contributed by atoms with Crippen molar-refractivity contribution in [3.63, 3.8) is 0 Å². The summed E-state index contributed by atoms with van der Waals surface area (Å²) < 4.78 is 1.12. The van der Waals surface area contributed by atoms with Crippen LogP contribution in [-0.2, 0) is 6.42 Å². The first kappa shape index (κ1) is 22.1. The summed E-state index contributed by atoms with van der Waals surface area (Å²) in [5.41, 5.74) is 10.5. The number of rotatable bonds is 3. The van der Waals surface area contributed by atoms with Crippen LogP contribution in [0.4, 0.5) is 0 Å². The minimum absolute atomic E-state index is 1.06. The predicted octanol–water partition coefficient (Wildman–Crippen LogP) is 9.71. The van der Waals surface area contributed by atoms with Gasteiger partial charge in [0.1, 0.15) is 0 Å². The summed E-state index contributed by atoms with van der Waals surface area (Å²) >= 11 is 3.42. The second-order valence-corrected chi connectivity index (χ2v) is 9.22. The molecule has 0 spiro atoms. The summed E-state index contributed by atoms with van der Waals surface area (Å²) in [4.78, 5) is 0. The van der Waals surface area contributed by atoms with Crippen LogP contribution in [0.5, 0.6) is 0 Å². The lowest BCUT2D eigenvalue weighted by atomic mass is 9.95. The van der Waals surface area contributed by atoms with Crippen LogP contribution in [0, 0.1) is 0 Å². The summed E-state index contributed by atoms with van der Waals surface area (Å²) in [6, 6.07) is 44.7. The molecule has 0 saturated carbocycles. The van der Waals surface area contributed by atoms with Crippen molar-refractivity contribution in [2.24, 2.45) is 0 Å². The third-order valence-corrected chi connectivity index (χ3v) is 6.60. The van der Waals surface area contributed by atoms with Gasteiger partial charge in [-0.3, -0.25) is 0 Å². The molecule has 5 aromatic carbocycles. The van der Waals surface area contributed by atoms with Gasteiger partial charge in [0.15, 0.2) is 0 Å². The molecule has 0 fully saturated rings. The molecule has 6 rings (SSSR count). The highest BCUT2D eigenvalue weighted by molar-refractivity contribution is 9.10. The van der Waals surface area contributed by atoms with E-state index in [-0.39, 0.29) is 0 Å².